The molecule has 2 rings (SSSR count). The average molecular weight is 342 g/mol. The molecule has 2 amide bonds. The maximum atomic E-state index is 12.0. The number of nitrogens with two attached hydrogens (primary N) is 1. The van der Waals surface area contributed by atoms with Gasteiger partial charge in [0.05, 0.1) is 18.5 Å². The zero-order chi connectivity index (χ0) is 17.7. The number of anilines is 2. The highest BCUT2D eigenvalue weighted by Gasteiger charge is 2.18. The first kappa shape index (κ1) is 17.2. The quantitative estimate of drug-likeness (QED) is 0.662. The van der Waals surface area contributed by atoms with Gasteiger partial charge in [0.15, 0.2) is 5.13 Å². The van der Waals surface area contributed by atoms with E-state index in [-0.39, 0.29) is 11.5 Å². The van der Waals surface area contributed by atoms with Crippen LogP contribution in [0.25, 0.3) is 6.08 Å². The van der Waals surface area contributed by atoms with Gasteiger partial charge in [0.25, 0.3) is 5.91 Å². The summed E-state index contributed by atoms with van der Waals surface area (Å²) in [6.45, 7) is 1.42. The van der Waals surface area contributed by atoms with Crippen molar-refractivity contribution in [2.75, 3.05) is 12.0 Å². The number of ether oxygens (including phenoxy) is 1. The second kappa shape index (κ2) is 7.39. The van der Waals surface area contributed by atoms with Gasteiger partial charge in [0.2, 0.25) is 5.91 Å². The molecule has 0 atom stereocenters. The highest BCUT2D eigenvalue weighted by atomic mass is 32.1. The summed E-state index contributed by atoms with van der Waals surface area (Å²) < 4.78 is 5.10. The Bertz CT molecular complexity index is 834. The minimum Gasteiger partial charge on any atom is -0.497 e. The zero-order valence-electron chi connectivity index (χ0n) is 13.0. The van der Waals surface area contributed by atoms with Gasteiger partial charge in [-0.25, -0.2) is 4.98 Å². The van der Waals surface area contributed by atoms with E-state index in [2.05, 4.69) is 4.98 Å². The zero-order valence-corrected chi connectivity index (χ0v) is 13.8. The molecule has 0 aliphatic rings. The monoisotopic (exact) mass is 342 g/mol. The third-order valence-corrected chi connectivity index (χ3v) is 3.87. The van der Waals surface area contributed by atoms with Crippen LogP contribution in [0.15, 0.2) is 35.2 Å². The van der Waals surface area contributed by atoms with Gasteiger partial charge in [-0.2, -0.15) is 5.26 Å². The van der Waals surface area contributed by atoms with Crippen LogP contribution in [0, 0.1) is 11.3 Å². The molecule has 0 saturated carbocycles. The maximum Gasteiger partial charge on any atom is 0.259 e. The number of thiazole rings is 1. The van der Waals surface area contributed by atoms with Crippen molar-refractivity contribution in [3.63, 3.8) is 0 Å². The minimum absolute atomic E-state index is 0.203. The average Bonchev–Trinajstić information content (AvgIpc) is 3.01. The Hall–Kier alpha value is -3.18. The first-order valence-corrected chi connectivity index (χ1v) is 7.66. The van der Waals surface area contributed by atoms with E-state index in [1.165, 1.54) is 29.2 Å². The second-order valence-electron chi connectivity index (χ2n) is 4.64. The van der Waals surface area contributed by atoms with Gasteiger partial charge in [-0.15, -0.1) is 11.3 Å². The van der Waals surface area contributed by atoms with Gasteiger partial charge >= 0.3 is 0 Å². The molecule has 0 fully saturated rings. The van der Waals surface area contributed by atoms with Crippen LogP contribution in [0.2, 0.25) is 0 Å². The maximum absolute atomic E-state index is 12.0. The second-order valence-corrected chi connectivity index (χ2v) is 5.48. The molecule has 1 aromatic heterocycles. The lowest BCUT2D eigenvalue weighted by Gasteiger charge is -2.18. The molecule has 2 N–H and O–H groups in total. The van der Waals surface area contributed by atoms with Gasteiger partial charge in [-0.05, 0) is 30.3 Å². The van der Waals surface area contributed by atoms with Gasteiger partial charge in [0, 0.05) is 12.3 Å². The highest BCUT2D eigenvalue weighted by molar-refractivity contribution is 7.14. The molecule has 0 aliphatic heterocycles. The number of amides is 2. The van der Waals surface area contributed by atoms with Crippen molar-refractivity contribution in [3.05, 3.63) is 40.9 Å². The van der Waals surface area contributed by atoms with Crippen molar-refractivity contribution in [1.82, 2.24) is 4.98 Å². The summed E-state index contributed by atoms with van der Waals surface area (Å²) in [6.07, 6.45) is 1.29. The van der Waals surface area contributed by atoms with Crippen molar-refractivity contribution in [3.8, 4) is 11.8 Å². The lowest BCUT2D eigenvalue weighted by atomic mass is 10.2. The number of methoxy groups -OCH3 is 1. The summed E-state index contributed by atoms with van der Waals surface area (Å²) in [7, 11) is 1.56. The van der Waals surface area contributed by atoms with Crippen molar-refractivity contribution >= 4 is 40.0 Å². The summed E-state index contributed by atoms with van der Waals surface area (Å²) >= 11 is 1.21. The molecule has 0 unspecified atom stereocenters. The largest absolute Gasteiger partial charge is 0.497 e. The Kier molecular flexibility index (Phi) is 5.29. The van der Waals surface area contributed by atoms with E-state index in [0.29, 0.717) is 22.3 Å². The minimum atomic E-state index is -0.828. The third kappa shape index (κ3) is 3.77. The number of rotatable bonds is 5. The highest BCUT2D eigenvalue weighted by Crippen LogP contribution is 2.30. The molecule has 1 aromatic carbocycles. The predicted molar refractivity (Wildman–Crippen MR) is 90.7 cm³/mol. The van der Waals surface area contributed by atoms with Gasteiger partial charge in [-0.1, -0.05) is 0 Å². The summed E-state index contributed by atoms with van der Waals surface area (Å²) in [5, 5.41) is 10.9. The van der Waals surface area contributed by atoms with E-state index in [1.54, 1.807) is 42.8 Å². The van der Waals surface area contributed by atoms with Crippen LogP contribution >= 0.6 is 11.3 Å². The summed E-state index contributed by atoms with van der Waals surface area (Å²) in [5.41, 5.74) is 5.90. The van der Waals surface area contributed by atoms with E-state index >= 15 is 0 Å². The summed E-state index contributed by atoms with van der Waals surface area (Å²) in [6, 6.07) is 8.66. The molecule has 1 heterocycles. The van der Waals surface area contributed by atoms with Crippen LogP contribution < -0.4 is 15.4 Å². The number of carbonyl (C=O) groups excluding carboxylic acids is 2. The predicted octanol–water partition coefficient (Wildman–Crippen LogP) is 2.23. The molecule has 122 valence electrons. The fourth-order valence-electron chi connectivity index (χ4n) is 1.91. The van der Waals surface area contributed by atoms with E-state index in [0.717, 1.165) is 0 Å². The van der Waals surface area contributed by atoms with Crippen LogP contribution in [0.4, 0.5) is 10.8 Å². The molecule has 0 aliphatic carbocycles. The van der Waals surface area contributed by atoms with E-state index in [9.17, 15) is 9.59 Å². The van der Waals surface area contributed by atoms with Crippen molar-refractivity contribution < 1.29 is 14.3 Å². The SMILES string of the molecule is COc1ccc(N(C(C)=O)c2nc(/C=C(\C#N)C(N)=O)cs2)cc1. The Labute approximate surface area is 142 Å². The smallest absolute Gasteiger partial charge is 0.259 e. The molecule has 0 saturated heterocycles. The normalized spacial score (nSPS) is 10.8. The van der Waals surface area contributed by atoms with Crippen LogP contribution in [0.5, 0.6) is 5.75 Å². The summed E-state index contributed by atoms with van der Waals surface area (Å²) in [4.78, 5) is 28.8. The van der Waals surface area contributed by atoms with Crippen molar-refractivity contribution in [2.45, 2.75) is 6.92 Å². The van der Waals surface area contributed by atoms with Gasteiger partial charge < -0.3 is 10.5 Å². The van der Waals surface area contributed by atoms with Crippen molar-refractivity contribution in [1.29, 1.82) is 5.26 Å². The Morgan fingerprint density at radius 1 is 1.38 bits per heavy atom. The standard InChI is InChI=1S/C16H14N4O3S/c1-10(21)20(13-3-5-14(23-2)6-4-13)16-19-12(9-24-16)7-11(8-17)15(18)22/h3-7,9H,1-2H3,(H2,18,22)/b11-7+. The number of primary amides is 1. The fourth-order valence-corrected chi connectivity index (χ4v) is 2.75. The van der Waals surface area contributed by atoms with E-state index in [4.69, 9.17) is 15.7 Å². The number of benzene rings is 1. The lowest BCUT2D eigenvalue weighted by Crippen LogP contribution is -2.22. The lowest BCUT2D eigenvalue weighted by molar-refractivity contribution is -0.116. The Morgan fingerprint density at radius 3 is 2.54 bits per heavy atom. The molecule has 0 bridgehead atoms. The first-order chi connectivity index (χ1) is 11.5. The van der Waals surface area contributed by atoms with Crippen molar-refractivity contribution in [2.24, 2.45) is 5.73 Å². The fraction of sp³-hybridized carbons (Fsp3) is 0.125. The Balaban J connectivity index is 2.38. The van der Waals surface area contributed by atoms with E-state index < -0.39 is 5.91 Å². The van der Waals surface area contributed by atoms with Gasteiger partial charge in [-0.3, -0.25) is 14.5 Å². The molecular formula is C16H14N4O3S. The molecule has 7 nitrogen and oxygen atoms in total. The van der Waals surface area contributed by atoms with Crippen LogP contribution in [0.3, 0.4) is 0 Å². The van der Waals surface area contributed by atoms with Crippen LogP contribution in [-0.2, 0) is 9.59 Å². The molecule has 2 aromatic rings. The molecule has 0 spiro atoms. The van der Waals surface area contributed by atoms with Crippen LogP contribution in [0.1, 0.15) is 12.6 Å². The van der Waals surface area contributed by atoms with Gasteiger partial charge in [0.1, 0.15) is 17.4 Å². The molecule has 0 radical (unpaired) electrons. The molecule has 24 heavy (non-hydrogen) atoms. The molecule has 8 heteroatoms. The van der Waals surface area contributed by atoms with E-state index in [1.807, 2.05) is 0 Å². The number of carbonyl (C=O) groups is 2. The molecular weight excluding hydrogens is 328 g/mol. The number of nitrogens with zero attached hydrogens (tertiary/aromatic N) is 3. The topological polar surface area (TPSA) is 109 Å². The first-order valence-electron chi connectivity index (χ1n) is 6.78. The number of hydrogen-bond donors (Lipinski definition) is 1. The summed E-state index contributed by atoms with van der Waals surface area (Å²) in [5.74, 6) is -0.379. The van der Waals surface area contributed by atoms with Crippen LogP contribution in [-0.4, -0.2) is 23.9 Å². The third-order valence-electron chi connectivity index (χ3n) is 3.02. The number of hydrogen-bond acceptors (Lipinski definition) is 6. The Morgan fingerprint density at radius 2 is 2.04 bits per heavy atom. The number of aromatic nitrogens is 1. The number of nitriles is 1.